The molecule has 6 nitrogen and oxygen atoms in total. The molecule has 0 aliphatic heterocycles. The second-order valence-electron chi connectivity index (χ2n) is 5.78. The number of methoxy groups -OCH3 is 1. The molecule has 0 saturated carbocycles. The van der Waals surface area contributed by atoms with Crippen molar-refractivity contribution < 1.29 is 14.6 Å². The quantitative estimate of drug-likeness (QED) is 0.227. The van der Waals surface area contributed by atoms with Crippen molar-refractivity contribution in [3.8, 4) is 11.5 Å². The number of aliphatic imine (C=N–C) groups is 1. The van der Waals surface area contributed by atoms with Crippen LogP contribution >= 0.6 is 58.5 Å². The van der Waals surface area contributed by atoms with Crippen molar-refractivity contribution in [3.05, 3.63) is 44.1 Å². The van der Waals surface area contributed by atoms with Gasteiger partial charge in [-0.2, -0.15) is 0 Å². The molecule has 0 radical (unpaired) electrons. The molecule has 162 valence electrons. The van der Waals surface area contributed by atoms with Gasteiger partial charge in [0, 0.05) is 18.0 Å². The van der Waals surface area contributed by atoms with Gasteiger partial charge in [0.2, 0.25) is 0 Å². The van der Waals surface area contributed by atoms with Crippen LogP contribution < -0.4 is 20.1 Å². The van der Waals surface area contributed by atoms with Crippen molar-refractivity contribution in [1.29, 1.82) is 0 Å². The van der Waals surface area contributed by atoms with Crippen molar-refractivity contribution in [2.75, 3.05) is 26.8 Å². The van der Waals surface area contributed by atoms with Gasteiger partial charge in [-0.05, 0) is 43.7 Å². The second kappa shape index (κ2) is 13.4. The topological polar surface area (TPSA) is 75.1 Å². The zero-order valence-corrected chi connectivity index (χ0v) is 21.2. The van der Waals surface area contributed by atoms with Crippen LogP contribution in [0.3, 0.4) is 0 Å². The van der Waals surface area contributed by atoms with Crippen molar-refractivity contribution in [2.24, 2.45) is 4.99 Å². The summed E-state index contributed by atoms with van der Waals surface area (Å²) in [6.07, 6.45) is -0.665. The Morgan fingerprint density at radius 2 is 2.00 bits per heavy atom. The van der Waals surface area contributed by atoms with Gasteiger partial charge in [0.05, 0.1) is 29.6 Å². The van der Waals surface area contributed by atoms with E-state index < -0.39 is 6.10 Å². The first-order chi connectivity index (χ1) is 13.5. The molecule has 2 aromatic rings. The number of benzene rings is 1. The number of nitrogens with one attached hydrogen (secondary N) is 2. The van der Waals surface area contributed by atoms with Gasteiger partial charge in [0.15, 0.2) is 17.5 Å². The van der Waals surface area contributed by atoms with Gasteiger partial charge < -0.3 is 25.2 Å². The molecule has 1 atom stereocenters. The van der Waals surface area contributed by atoms with Crippen LogP contribution in [0.1, 0.15) is 30.4 Å². The molecule has 3 N–H and O–H groups in total. The molecule has 10 heteroatoms. The summed E-state index contributed by atoms with van der Waals surface area (Å²) in [5.74, 6) is 1.69. The molecule has 0 aliphatic carbocycles. The Hall–Kier alpha value is -0.940. The van der Waals surface area contributed by atoms with Crippen molar-refractivity contribution in [3.63, 3.8) is 0 Å². The predicted molar refractivity (Wildman–Crippen MR) is 132 cm³/mol. The van der Waals surface area contributed by atoms with Crippen LogP contribution in [0.4, 0.5) is 0 Å². The number of aliphatic hydroxyl groups excluding tert-OH is 1. The molecule has 0 spiro atoms. The molecule has 1 aromatic carbocycles. The van der Waals surface area contributed by atoms with Gasteiger partial charge in [-0.25, -0.2) is 4.99 Å². The van der Waals surface area contributed by atoms with Gasteiger partial charge >= 0.3 is 0 Å². The van der Waals surface area contributed by atoms with Gasteiger partial charge in [0.1, 0.15) is 6.10 Å². The summed E-state index contributed by atoms with van der Waals surface area (Å²) in [6.45, 7) is 5.76. The fourth-order valence-corrected chi connectivity index (χ4v) is 3.80. The summed E-state index contributed by atoms with van der Waals surface area (Å²) in [7, 11) is 1.57. The van der Waals surface area contributed by atoms with Crippen molar-refractivity contribution in [2.45, 2.75) is 26.5 Å². The maximum absolute atomic E-state index is 10.3. The molecule has 29 heavy (non-hydrogen) atoms. The maximum atomic E-state index is 10.3. The zero-order valence-electron chi connectivity index (χ0n) is 16.5. The summed E-state index contributed by atoms with van der Waals surface area (Å²) in [4.78, 5) is 5.35. The molecule has 0 amide bonds. The lowest BCUT2D eigenvalue weighted by atomic mass is 10.2. The molecule has 0 saturated heterocycles. The third kappa shape index (κ3) is 8.01. The molecule has 0 fully saturated rings. The van der Waals surface area contributed by atoms with Gasteiger partial charge in [0.25, 0.3) is 0 Å². The lowest BCUT2D eigenvalue weighted by molar-refractivity contribution is 0.184. The van der Waals surface area contributed by atoms with Crippen LogP contribution in [-0.4, -0.2) is 37.9 Å². The van der Waals surface area contributed by atoms with E-state index in [1.807, 2.05) is 32.0 Å². The van der Waals surface area contributed by atoms with Crippen LogP contribution in [0, 0.1) is 0 Å². The minimum absolute atomic E-state index is 0. The molecule has 2 rings (SSSR count). The average molecular weight is 574 g/mol. The number of hydrogen-bond acceptors (Lipinski definition) is 5. The summed E-state index contributed by atoms with van der Waals surface area (Å²) in [5.41, 5.74) is 0.882. The molecule has 1 unspecified atom stereocenters. The van der Waals surface area contributed by atoms with E-state index in [1.54, 1.807) is 13.2 Å². The molecular formula is C19H26Cl2IN3O3S. The molecule has 0 bridgehead atoms. The highest BCUT2D eigenvalue weighted by molar-refractivity contribution is 14.0. The molecular weight excluding hydrogens is 548 g/mol. The summed E-state index contributed by atoms with van der Waals surface area (Å²) in [6, 6.07) is 7.25. The van der Waals surface area contributed by atoms with Gasteiger partial charge in [-0.15, -0.1) is 35.3 Å². The van der Waals surface area contributed by atoms with Crippen LogP contribution in [0.15, 0.2) is 29.3 Å². The van der Waals surface area contributed by atoms with Crippen molar-refractivity contribution in [1.82, 2.24) is 10.6 Å². The highest BCUT2D eigenvalue weighted by Crippen LogP contribution is 2.36. The Bertz CT molecular complexity index is 805. The minimum Gasteiger partial charge on any atom is -0.493 e. The first-order valence-corrected chi connectivity index (χ1v) is 10.5. The third-order valence-electron chi connectivity index (χ3n) is 3.73. The lowest BCUT2D eigenvalue weighted by Gasteiger charge is -2.15. The Balaban J connectivity index is 0.00000420. The van der Waals surface area contributed by atoms with E-state index in [1.165, 1.54) is 11.3 Å². The van der Waals surface area contributed by atoms with Crippen LogP contribution in [0.2, 0.25) is 9.36 Å². The first-order valence-electron chi connectivity index (χ1n) is 8.93. The third-order valence-corrected chi connectivity index (χ3v) is 5.34. The number of ether oxygens (including phenoxy) is 2. The van der Waals surface area contributed by atoms with E-state index in [0.29, 0.717) is 53.1 Å². The zero-order chi connectivity index (χ0) is 20.5. The average Bonchev–Trinajstić information content (AvgIpc) is 3.12. The lowest BCUT2D eigenvalue weighted by Crippen LogP contribution is -2.39. The highest BCUT2D eigenvalue weighted by atomic mass is 127. The summed E-state index contributed by atoms with van der Waals surface area (Å²) in [5, 5.41) is 17.1. The smallest absolute Gasteiger partial charge is 0.191 e. The first kappa shape index (κ1) is 26.1. The Morgan fingerprint density at radius 1 is 1.24 bits per heavy atom. The fraction of sp³-hybridized carbons (Fsp3) is 0.421. The highest BCUT2D eigenvalue weighted by Gasteiger charge is 2.13. The Morgan fingerprint density at radius 3 is 2.59 bits per heavy atom. The van der Waals surface area contributed by atoms with Gasteiger partial charge in [-0.1, -0.05) is 23.2 Å². The maximum Gasteiger partial charge on any atom is 0.191 e. The number of nitrogens with zero attached hydrogens (tertiary/aromatic N) is 1. The number of thiophene rings is 1. The monoisotopic (exact) mass is 573 g/mol. The fourth-order valence-electron chi connectivity index (χ4n) is 2.46. The van der Waals surface area contributed by atoms with Crippen LogP contribution in [0.5, 0.6) is 11.5 Å². The van der Waals surface area contributed by atoms with E-state index in [0.717, 1.165) is 10.4 Å². The predicted octanol–water partition coefficient (Wildman–Crippen LogP) is 4.87. The summed E-state index contributed by atoms with van der Waals surface area (Å²) >= 11 is 13.6. The normalized spacial score (nSPS) is 12.1. The summed E-state index contributed by atoms with van der Waals surface area (Å²) < 4.78 is 11.6. The number of aliphatic hydroxyl groups is 1. The number of guanidine groups is 1. The molecule has 1 heterocycles. The minimum atomic E-state index is -0.665. The van der Waals surface area contributed by atoms with E-state index >= 15 is 0 Å². The second-order valence-corrected chi connectivity index (χ2v) is 7.93. The standard InChI is InChI=1S/C19H25Cl2N3O3S.HI/c1-4-22-19(24-11-14(25)16-6-7-17(21)28-16)23-10-12-8-13(20)18(27-5-2)15(9-12)26-3;/h6-9,14,25H,4-5,10-11H2,1-3H3,(H2,22,23,24);1H. The number of rotatable bonds is 9. The number of halogens is 3. The largest absolute Gasteiger partial charge is 0.493 e. The molecule has 1 aromatic heterocycles. The van der Waals surface area contributed by atoms with E-state index in [-0.39, 0.29) is 24.0 Å². The van der Waals surface area contributed by atoms with Gasteiger partial charge in [-0.3, -0.25) is 0 Å². The Kier molecular flexibility index (Phi) is 12.0. The SMILES string of the molecule is CCNC(=NCc1cc(Cl)c(OCC)c(OC)c1)NCC(O)c1ccc(Cl)s1.I. The van der Waals surface area contributed by atoms with E-state index in [4.69, 9.17) is 32.7 Å². The van der Waals surface area contributed by atoms with E-state index in [2.05, 4.69) is 15.6 Å². The van der Waals surface area contributed by atoms with Crippen molar-refractivity contribution >= 4 is 64.5 Å². The molecule has 0 aliphatic rings. The number of hydrogen-bond donors (Lipinski definition) is 3. The van der Waals surface area contributed by atoms with Crippen LogP contribution in [0.25, 0.3) is 0 Å². The Labute approximate surface area is 202 Å². The van der Waals surface area contributed by atoms with Crippen LogP contribution in [-0.2, 0) is 6.54 Å². The van der Waals surface area contributed by atoms with E-state index in [9.17, 15) is 5.11 Å².